The summed E-state index contributed by atoms with van der Waals surface area (Å²) < 4.78 is 0. The van der Waals surface area contributed by atoms with E-state index in [1.54, 1.807) is 0 Å². The lowest BCUT2D eigenvalue weighted by Crippen LogP contribution is -2.08. The highest BCUT2D eigenvalue weighted by Gasteiger charge is 2.12. The van der Waals surface area contributed by atoms with Crippen LogP contribution in [0, 0.1) is 0 Å². The molecule has 1 aliphatic rings. The van der Waals surface area contributed by atoms with E-state index in [2.05, 4.69) is 29.2 Å². The molecule has 94 valence electrons. The molecule has 18 heavy (non-hydrogen) atoms. The maximum atomic E-state index is 10.6. The molecule has 3 heteroatoms. The normalized spacial score (nSPS) is 16.8. The first-order chi connectivity index (χ1) is 8.56. The molecule has 0 saturated heterocycles. The molecule has 0 radical (unpaired) electrons. The summed E-state index contributed by atoms with van der Waals surface area (Å²) in [5, 5.41) is 8.72. The lowest BCUT2D eigenvalue weighted by Gasteiger charge is -2.12. The Labute approximate surface area is 107 Å². The maximum Gasteiger partial charge on any atom is 0.328 e. The van der Waals surface area contributed by atoms with Crippen LogP contribution in [0.1, 0.15) is 18.4 Å². The highest BCUT2D eigenvalue weighted by atomic mass is 16.4. The predicted molar refractivity (Wildman–Crippen MR) is 73.7 cm³/mol. The molecule has 0 aromatic heterocycles. The summed E-state index contributed by atoms with van der Waals surface area (Å²) in [5.41, 5.74) is 4.45. The summed E-state index contributed by atoms with van der Waals surface area (Å²) in [5.74, 6) is -0.870. The lowest BCUT2D eigenvalue weighted by molar-refractivity contribution is -0.131. The first kappa shape index (κ1) is 12.4. The van der Waals surface area contributed by atoms with Gasteiger partial charge in [-0.15, -0.1) is 0 Å². The molecule has 1 aromatic rings. The fraction of sp³-hybridized carbons (Fsp3) is 0.267. The van der Waals surface area contributed by atoms with Gasteiger partial charge in [-0.2, -0.15) is 0 Å². The molecule has 0 heterocycles. The third-order valence-electron chi connectivity index (χ3n) is 3.11. The Morgan fingerprint density at radius 2 is 1.89 bits per heavy atom. The number of aliphatic carboxylic acids is 1. The van der Waals surface area contributed by atoms with E-state index in [1.807, 2.05) is 20.2 Å². The zero-order chi connectivity index (χ0) is 13.1. The third kappa shape index (κ3) is 2.80. The van der Waals surface area contributed by atoms with Crippen LogP contribution in [0.25, 0.3) is 5.57 Å². The van der Waals surface area contributed by atoms with E-state index in [0.29, 0.717) is 0 Å². The molecule has 3 nitrogen and oxygen atoms in total. The second kappa shape index (κ2) is 5.08. The molecule has 0 fully saturated rings. The summed E-state index contributed by atoms with van der Waals surface area (Å²) in [6.07, 6.45) is 5.01. The molecule has 1 aromatic carbocycles. The van der Waals surface area contributed by atoms with Crippen molar-refractivity contribution in [1.82, 2.24) is 0 Å². The Kier molecular flexibility index (Phi) is 3.51. The average molecular weight is 243 g/mol. The number of hydrogen-bond acceptors (Lipinski definition) is 2. The van der Waals surface area contributed by atoms with E-state index in [1.165, 1.54) is 22.9 Å². The van der Waals surface area contributed by atoms with Crippen molar-refractivity contribution in [3.8, 4) is 0 Å². The standard InChI is InChI=1S/C15H17NO2/c1-16(2)14-7-5-12(6-8-14)13-4-3-11(9-13)10-15(17)18/h5-10H,3-4H2,1-2H3,(H,17,18)/b11-10+. The smallest absolute Gasteiger partial charge is 0.328 e. The van der Waals surface area contributed by atoms with E-state index in [-0.39, 0.29) is 0 Å². The topological polar surface area (TPSA) is 40.5 Å². The van der Waals surface area contributed by atoms with Gasteiger partial charge in [-0.25, -0.2) is 4.79 Å². The SMILES string of the molecule is CN(C)c1ccc(C2=C/C(=C/C(=O)O)CC2)cc1. The van der Waals surface area contributed by atoms with E-state index in [9.17, 15) is 4.79 Å². The number of anilines is 1. The van der Waals surface area contributed by atoms with Gasteiger partial charge in [0.1, 0.15) is 0 Å². The number of carboxylic acid groups (broad SMARTS) is 1. The van der Waals surface area contributed by atoms with Crippen LogP contribution >= 0.6 is 0 Å². The molecule has 1 aliphatic carbocycles. The zero-order valence-corrected chi connectivity index (χ0v) is 10.7. The molecular formula is C15H17NO2. The van der Waals surface area contributed by atoms with Gasteiger partial charge in [-0.1, -0.05) is 18.2 Å². The summed E-state index contributed by atoms with van der Waals surface area (Å²) in [7, 11) is 4.02. The molecule has 0 atom stereocenters. The quantitative estimate of drug-likeness (QED) is 0.830. The van der Waals surface area contributed by atoms with Gasteiger partial charge in [0.2, 0.25) is 0 Å². The Morgan fingerprint density at radius 3 is 2.44 bits per heavy atom. The Balaban J connectivity index is 2.20. The van der Waals surface area contributed by atoms with Crippen molar-refractivity contribution in [2.24, 2.45) is 0 Å². The minimum absolute atomic E-state index is 0.817. The van der Waals surface area contributed by atoms with E-state index < -0.39 is 5.97 Å². The van der Waals surface area contributed by atoms with Gasteiger partial charge >= 0.3 is 5.97 Å². The molecule has 2 rings (SSSR count). The number of nitrogens with zero attached hydrogens (tertiary/aromatic N) is 1. The van der Waals surface area contributed by atoms with Crippen molar-refractivity contribution in [2.45, 2.75) is 12.8 Å². The van der Waals surface area contributed by atoms with Crippen LogP contribution in [-0.2, 0) is 4.79 Å². The van der Waals surface area contributed by atoms with Gasteiger partial charge in [0, 0.05) is 25.9 Å². The predicted octanol–water partition coefficient (Wildman–Crippen LogP) is 2.94. The first-order valence-electron chi connectivity index (χ1n) is 5.98. The van der Waals surface area contributed by atoms with Gasteiger partial charge in [0.25, 0.3) is 0 Å². The minimum Gasteiger partial charge on any atom is -0.478 e. The van der Waals surface area contributed by atoms with Gasteiger partial charge in [0.15, 0.2) is 0 Å². The highest BCUT2D eigenvalue weighted by Crippen LogP contribution is 2.31. The van der Waals surface area contributed by atoms with Crippen molar-refractivity contribution in [3.63, 3.8) is 0 Å². The maximum absolute atomic E-state index is 10.6. The molecule has 0 bridgehead atoms. The fourth-order valence-electron chi connectivity index (χ4n) is 2.12. The van der Waals surface area contributed by atoms with Crippen molar-refractivity contribution >= 4 is 17.2 Å². The molecule has 0 amide bonds. The summed E-state index contributed by atoms with van der Waals surface area (Å²) >= 11 is 0. The molecule has 0 saturated carbocycles. The monoisotopic (exact) mass is 243 g/mol. The molecule has 0 aliphatic heterocycles. The number of carbonyl (C=O) groups is 1. The number of hydrogen-bond donors (Lipinski definition) is 1. The fourth-order valence-corrected chi connectivity index (χ4v) is 2.12. The van der Waals surface area contributed by atoms with Crippen LogP contribution < -0.4 is 4.90 Å². The largest absolute Gasteiger partial charge is 0.478 e. The van der Waals surface area contributed by atoms with Crippen LogP contribution in [0.4, 0.5) is 5.69 Å². The number of benzene rings is 1. The first-order valence-corrected chi connectivity index (χ1v) is 5.98. The van der Waals surface area contributed by atoms with Crippen LogP contribution in [0.2, 0.25) is 0 Å². The number of carboxylic acids is 1. The second-order valence-electron chi connectivity index (χ2n) is 4.67. The Morgan fingerprint density at radius 1 is 1.22 bits per heavy atom. The number of rotatable bonds is 3. The average Bonchev–Trinajstić information content (AvgIpc) is 2.76. The van der Waals surface area contributed by atoms with E-state index in [4.69, 9.17) is 5.11 Å². The molecule has 0 unspecified atom stereocenters. The molecule has 0 spiro atoms. The van der Waals surface area contributed by atoms with E-state index >= 15 is 0 Å². The van der Waals surface area contributed by atoms with Crippen molar-refractivity contribution < 1.29 is 9.90 Å². The van der Waals surface area contributed by atoms with Gasteiger partial charge in [0.05, 0.1) is 0 Å². The van der Waals surface area contributed by atoms with Crippen LogP contribution in [0.3, 0.4) is 0 Å². The van der Waals surface area contributed by atoms with Gasteiger partial charge < -0.3 is 10.0 Å². The lowest BCUT2D eigenvalue weighted by atomic mass is 10.1. The summed E-state index contributed by atoms with van der Waals surface area (Å²) in [6, 6.07) is 8.33. The Bertz CT molecular complexity index is 510. The van der Waals surface area contributed by atoms with Crippen LogP contribution in [-0.4, -0.2) is 25.2 Å². The molecule has 1 N–H and O–H groups in total. The van der Waals surface area contributed by atoms with E-state index in [0.717, 1.165) is 18.4 Å². The van der Waals surface area contributed by atoms with Crippen LogP contribution in [0.15, 0.2) is 42.0 Å². The van der Waals surface area contributed by atoms with Crippen molar-refractivity contribution in [1.29, 1.82) is 0 Å². The van der Waals surface area contributed by atoms with Gasteiger partial charge in [-0.05, 0) is 41.7 Å². The van der Waals surface area contributed by atoms with Crippen molar-refractivity contribution in [2.75, 3.05) is 19.0 Å². The highest BCUT2D eigenvalue weighted by molar-refractivity contribution is 5.83. The zero-order valence-electron chi connectivity index (χ0n) is 10.7. The third-order valence-corrected chi connectivity index (χ3v) is 3.11. The van der Waals surface area contributed by atoms with Crippen molar-refractivity contribution in [3.05, 3.63) is 47.6 Å². The summed E-state index contributed by atoms with van der Waals surface area (Å²) in [6.45, 7) is 0. The minimum atomic E-state index is -0.870. The van der Waals surface area contributed by atoms with Gasteiger partial charge in [-0.3, -0.25) is 0 Å². The second-order valence-corrected chi connectivity index (χ2v) is 4.67. The van der Waals surface area contributed by atoms with Crippen LogP contribution in [0.5, 0.6) is 0 Å². The number of allylic oxidation sites excluding steroid dienone is 3. The molecular weight excluding hydrogens is 226 g/mol. The summed E-state index contributed by atoms with van der Waals surface area (Å²) in [4.78, 5) is 12.7. The Hall–Kier alpha value is -2.03.